The average Bonchev–Trinajstić information content (AvgIpc) is 2.47. The molecule has 0 saturated carbocycles. The Morgan fingerprint density at radius 2 is 2.00 bits per heavy atom. The first-order chi connectivity index (χ1) is 9.56. The van der Waals surface area contributed by atoms with E-state index in [1.165, 1.54) is 30.5 Å². The van der Waals surface area contributed by atoms with E-state index < -0.39 is 10.0 Å². The number of aromatic nitrogens is 1. The van der Waals surface area contributed by atoms with Gasteiger partial charge in [-0.25, -0.2) is 19.2 Å². The van der Waals surface area contributed by atoms with E-state index in [0.717, 1.165) is 0 Å². The Morgan fingerprint density at radius 3 is 2.70 bits per heavy atom. The second-order valence-corrected chi connectivity index (χ2v) is 5.47. The second kappa shape index (κ2) is 5.56. The zero-order chi connectivity index (χ0) is 14.6. The molecular formula is C12H11N5O2S. The van der Waals surface area contributed by atoms with Crippen molar-refractivity contribution in [2.24, 2.45) is 5.84 Å². The summed E-state index contributed by atoms with van der Waals surface area (Å²) in [6.45, 7) is 0. The van der Waals surface area contributed by atoms with Gasteiger partial charge in [0.1, 0.15) is 11.9 Å². The van der Waals surface area contributed by atoms with Gasteiger partial charge in [-0.1, -0.05) is 12.1 Å². The molecule has 4 N–H and O–H groups in total. The fourth-order valence-corrected chi connectivity index (χ4v) is 2.62. The van der Waals surface area contributed by atoms with Crippen molar-refractivity contribution in [3.63, 3.8) is 0 Å². The molecule has 2 rings (SSSR count). The molecule has 0 saturated heterocycles. The maximum absolute atomic E-state index is 12.2. The van der Waals surface area contributed by atoms with Crippen LogP contribution < -0.4 is 16.0 Å². The summed E-state index contributed by atoms with van der Waals surface area (Å²) in [6, 6.07) is 10.9. The Morgan fingerprint density at radius 1 is 1.25 bits per heavy atom. The van der Waals surface area contributed by atoms with Gasteiger partial charge in [-0.05, 0) is 18.2 Å². The van der Waals surface area contributed by atoms with Gasteiger partial charge in [-0.2, -0.15) is 5.26 Å². The Bertz CT molecular complexity index is 767. The first-order valence-corrected chi connectivity index (χ1v) is 7.00. The van der Waals surface area contributed by atoms with Gasteiger partial charge < -0.3 is 5.43 Å². The van der Waals surface area contributed by atoms with E-state index in [2.05, 4.69) is 15.1 Å². The predicted octanol–water partition coefficient (Wildman–Crippen LogP) is 1.04. The molecule has 0 amide bonds. The molecule has 0 aliphatic heterocycles. The van der Waals surface area contributed by atoms with Crippen LogP contribution in [0, 0.1) is 11.3 Å². The minimum Gasteiger partial charge on any atom is -0.308 e. The number of nitriles is 1. The van der Waals surface area contributed by atoms with Crippen LogP contribution in [-0.4, -0.2) is 13.4 Å². The number of sulfonamides is 1. The number of nitrogens with two attached hydrogens (primary N) is 1. The monoisotopic (exact) mass is 289 g/mol. The van der Waals surface area contributed by atoms with Crippen molar-refractivity contribution in [2.45, 2.75) is 4.90 Å². The van der Waals surface area contributed by atoms with Crippen LogP contribution in [0.15, 0.2) is 47.5 Å². The van der Waals surface area contributed by atoms with E-state index in [-0.39, 0.29) is 22.0 Å². The number of benzene rings is 1. The van der Waals surface area contributed by atoms with Gasteiger partial charge in [-0.3, -0.25) is 4.72 Å². The van der Waals surface area contributed by atoms with Crippen molar-refractivity contribution in [1.29, 1.82) is 5.26 Å². The van der Waals surface area contributed by atoms with E-state index in [4.69, 9.17) is 11.1 Å². The molecule has 0 radical (unpaired) electrons. The third-order valence-corrected chi connectivity index (χ3v) is 3.84. The number of hydrazine groups is 1. The van der Waals surface area contributed by atoms with Crippen molar-refractivity contribution in [1.82, 2.24) is 4.98 Å². The van der Waals surface area contributed by atoms with Crippen molar-refractivity contribution in [3.05, 3.63) is 48.2 Å². The van der Waals surface area contributed by atoms with Gasteiger partial charge in [-0.15, -0.1) is 0 Å². The third kappa shape index (κ3) is 2.85. The normalized spacial score (nSPS) is 10.6. The SMILES string of the molecule is N#Cc1ccccc1NS(=O)(=O)c1ccnc(NN)c1. The summed E-state index contributed by atoms with van der Waals surface area (Å²) < 4.78 is 26.8. The summed E-state index contributed by atoms with van der Waals surface area (Å²) in [6.07, 6.45) is 1.32. The van der Waals surface area contributed by atoms with E-state index in [0.29, 0.717) is 0 Å². The topological polar surface area (TPSA) is 121 Å². The highest BCUT2D eigenvalue weighted by molar-refractivity contribution is 7.92. The fraction of sp³-hybridized carbons (Fsp3) is 0. The molecule has 1 aromatic heterocycles. The smallest absolute Gasteiger partial charge is 0.262 e. The second-order valence-electron chi connectivity index (χ2n) is 3.78. The molecule has 0 atom stereocenters. The summed E-state index contributed by atoms with van der Waals surface area (Å²) in [5, 5.41) is 8.95. The molecule has 20 heavy (non-hydrogen) atoms. The maximum atomic E-state index is 12.2. The van der Waals surface area contributed by atoms with Crippen LogP contribution in [0.4, 0.5) is 11.5 Å². The molecule has 0 spiro atoms. The number of para-hydroxylation sites is 1. The van der Waals surface area contributed by atoms with Gasteiger partial charge in [0.2, 0.25) is 0 Å². The summed E-state index contributed by atoms with van der Waals surface area (Å²) in [7, 11) is -3.82. The van der Waals surface area contributed by atoms with Crippen molar-refractivity contribution >= 4 is 21.5 Å². The molecule has 0 aliphatic rings. The highest BCUT2D eigenvalue weighted by Crippen LogP contribution is 2.20. The number of hydrogen-bond acceptors (Lipinski definition) is 6. The number of nitrogens with zero attached hydrogens (tertiary/aromatic N) is 2. The number of nitrogen functional groups attached to an aromatic ring is 1. The van der Waals surface area contributed by atoms with Gasteiger partial charge >= 0.3 is 0 Å². The molecular weight excluding hydrogens is 278 g/mol. The molecule has 1 heterocycles. The number of anilines is 2. The van der Waals surface area contributed by atoms with Gasteiger partial charge in [0, 0.05) is 12.3 Å². The summed E-state index contributed by atoms with van der Waals surface area (Å²) in [5.41, 5.74) is 2.73. The first kappa shape index (κ1) is 13.8. The van der Waals surface area contributed by atoms with Crippen LogP contribution in [-0.2, 0) is 10.0 Å². The standard InChI is InChI=1S/C12H11N5O2S/c13-8-9-3-1-2-4-11(9)17-20(18,19)10-5-6-15-12(7-10)16-14/h1-7,17H,14H2,(H,15,16). The molecule has 1 aromatic carbocycles. The number of rotatable bonds is 4. The highest BCUT2D eigenvalue weighted by Gasteiger charge is 2.16. The molecule has 0 unspecified atom stereocenters. The third-order valence-electron chi connectivity index (χ3n) is 2.48. The first-order valence-electron chi connectivity index (χ1n) is 5.51. The molecule has 7 nitrogen and oxygen atoms in total. The number of hydrogen-bond donors (Lipinski definition) is 3. The minimum atomic E-state index is -3.82. The maximum Gasteiger partial charge on any atom is 0.262 e. The van der Waals surface area contributed by atoms with Crippen LogP contribution in [0.3, 0.4) is 0 Å². The average molecular weight is 289 g/mol. The van der Waals surface area contributed by atoms with Crippen LogP contribution in [0.2, 0.25) is 0 Å². The lowest BCUT2D eigenvalue weighted by Crippen LogP contribution is -2.15. The van der Waals surface area contributed by atoms with E-state index in [1.54, 1.807) is 12.1 Å². The van der Waals surface area contributed by atoms with Gasteiger partial charge in [0.05, 0.1) is 16.1 Å². The Labute approximate surface area is 116 Å². The van der Waals surface area contributed by atoms with E-state index >= 15 is 0 Å². The van der Waals surface area contributed by atoms with E-state index in [1.807, 2.05) is 6.07 Å². The Balaban J connectivity index is 2.39. The number of nitrogens with one attached hydrogen (secondary N) is 2. The van der Waals surface area contributed by atoms with Crippen LogP contribution in [0.5, 0.6) is 0 Å². The van der Waals surface area contributed by atoms with Crippen molar-refractivity contribution in [3.8, 4) is 6.07 Å². The summed E-state index contributed by atoms with van der Waals surface area (Å²) in [4.78, 5) is 3.83. The summed E-state index contributed by atoms with van der Waals surface area (Å²) in [5.74, 6) is 5.41. The zero-order valence-electron chi connectivity index (χ0n) is 10.2. The molecule has 2 aromatic rings. The summed E-state index contributed by atoms with van der Waals surface area (Å²) >= 11 is 0. The number of pyridine rings is 1. The lowest BCUT2D eigenvalue weighted by Gasteiger charge is -2.09. The lowest BCUT2D eigenvalue weighted by atomic mass is 10.2. The van der Waals surface area contributed by atoms with E-state index in [9.17, 15) is 8.42 Å². The van der Waals surface area contributed by atoms with Crippen molar-refractivity contribution in [2.75, 3.05) is 10.1 Å². The molecule has 0 bridgehead atoms. The van der Waals surface area contributed by atoms with Crippen LogP contribution in [0.25, 0.3) is 0 Å². The quantitative estimate of drug-likeness (QED) is 0.571. The largest absolute Gasteiger partial charge is 0.308 e. The fourth-order valence-electron chi connectivity index (χ4n) is 1.53. The Kier molecular flexibility index (Phi) is 3.84. The molecule has 0 aliphatic carbocycles. The van der Waals surface area contributed by atoms with Crippen LogP contribution in [0.1, 0.15) is 5.56 Å². The van der Waals surface area contributed by atoms with Crippen molar-refractivity contribution < 1.29 is 8.42 Å². The lowest BCUT2D eigenvalue weighted by molar-refractivity contribution is 0.601. The molecule has 8 heteroatoms. The molecule has 102 valence electrons. The van der Waals surface area contributed by atoms with Crippen LogP contribution >= 0.6 is 0 Å². The molecule has 0 fully saturated rings. The van der Waals surface area contributed by atoms with Gasteiger partial charge in [0.25, 0.3) is 10.0 Å². The Hall–Kier alpha value is -2.63. The zero-order valence-corrected chi connectivity index (χ0v) is 11.1. The van der Waals surface area contributed by atoms with Gasteiger partial charge in [0.15, 0.2) is 0 Å². The predicted molar refractivity (Wildman–Crippen MR) is 74.0 cm³/mol. The minimum absolute atomic E-state index is 0.00630. The highest BCUT2D eigenvalue weighted by atomic mass is 32.2.